The summed E-state index contributed by atoms with van der Waals surface area (Å²) in [6.07, 6.45) is 0.409. The van der Waals surface area contributed by atoms with Gasteiger partial charge in [0, 0.05) is 6.61 Å². The summed E-state index contributed by atoms with van der Waals surface area (Å²) < 4.78 is 13.1. The Morgan fingerprint density at radius 3 is 2.91 bits per heavy atom. The fraction of sp³-hybridized carbons (Fsp3) is 0.615. The molecule has 1 aliphatic heterocycles. The number of hydrogen-bond donors (Lipinski definition) is 4. The van der Waals surface area contributed by atoms with Crippen molar-refractivity contribution in [1.29, 1.82) is 0 Å². The molecule has 0 radical (unpaired) electrons. The minimum absolute atomic E-state index is 0.256. The quantitative estimate of drug-likeness (QED) is 0.459. The van der Waals surface area contributed by atoms with Gasteiger partial charge in [-0.15, -0.1) is 0 Å². The number of fused-ring (bicyclic) bond motifs is 1. The molecule has 0 aliphatic carbocycles. The van der Waals surface area contributed by atoms with Gasteiger partial charge in [-0.1, -0.05) is 0 Å². The second-order valence-electron chi connectivity index (χ2n) is 5.30. The standard InChI is InChI=1S/C13H20N6O4/c14-2-1-3-22-10-9(21)7(4-20)23-13(10)19-6-18-8-11(15)16-5-17-12(8)19/h5-7,9-10,13,20-21H,1-4,14H2,(H2,15,16,17)/t7-,9?,10?,13-/m1/s1. The van der Waals surface area contributed by atoms with Crippen LogP contribution in [0.3, 0.4) is 0 Å². The second-order valence-corrected chi connectivity index (χ2v) is 5.30. The highest BCUT2D eigenvalue weighted by Gasteiger charge is 2.45. The van der Waals surface area contributed by atoms with Crippen LogP contribution in [0.2, 0.25) is 0 Å². The Balaban J connectivity index is 1.92. The average molecular weight is 324 g/mol. The van der Waals surface area contributed by atoms with Crippen LogP contribution in [-0.2, 0) is 9.47 Å². The van der Waals surface area contributed by atoms with Crippen LogP contribution in [0.4, 0.5) is 5.82 Å². The molecule has 6 N–H and O–H groups in total. The maximum atomic E-state index is 10.3. The summed E-state index contributed by atoms with van der Waals surface area (Å²) in [5, 5.41) is 19.7. The van der Waals surface area contributed by atoms with Gasteiger partial charge in [0.05, 0.1) is 12.9 Å². The van der Waals surface area contributed by atoms with Crippen LogP contribution in [0, 0.1) is 0 Å². The van der Waals surface area contributed by atoms with Gasteiger partial charge in [-0.25, -0.2) is 15.0 Å². The first-order valence-electron chi connectivity index (χ1n) is 7.36. The molecule has 2 aromatic rings. The van der Waals surface area contributed by atoms with Crippen molar-refractivity contribution in [3.63, 3.8) is 0 Å². The van der Waals surface area contributed by atoms with Gasteiger partial charge in [0.15, 0.2) is 17.7 Å². The molecule has 1 saturated heterocycles. The third kappa shape index (κ3) is 2.86. The lowest BCUT2D eigenvalue weighted by Gasteiger charge is -2.22. The molecule has 0 aromatic carbocycles. The van der Waals surface area contributed by atoms with Crippen molar-refractivity contribution >= 4 is 17.0 Å². The maximum Gasteiger partial charge on any atom is 0.167 e. The first-order valence-corrected chi connectivity index (χ1v) is 7.36. The molecule has 4 atom stereocenters. The van der Waals surface area contributed by atoms with Gasteiger partial charge in [0.25, 0.3) is 0 Å². The SMILES string of the molecule is NCCCOC1C(O)[C@@H](CO)O[C@H]1n1cnc2c(N)ncnc21. The van der Waals surface area contributed by atoms with Crippen molar-refractivity contribution in [3.05, 3.63) is 12.7 Å². The van der Waals surface area contributed by atoms with E-state index in [4.69, 9.17) is 20.9 Å². The average Bonchev–Trinajstić information content (AvgIpc) is 3.10. The number of imidazole rings is 1. The molecule has 3 heterocycles. The van der Waals surface area contributed by atoms with Crippen LogP contribution in [0.15, 0.2) is 12.7 Å². The van der Waals surface area contributed by atoms with E-state index in [1.807, 2.05) is 0 Å². The van der Waals surface area contributed by atoms with Gasteiger partial charge in [0.1, 0.15) is 30.2 Å². The van der Waals surface area contributed by atoms with Gasteiger partial charge in [0.2, 0.25) is 0 Å². The topological polar surface area (TPSA) is 155 Å². The molecule has 2 aromatic heterocycles. The van der Waals surface area contributed by atoms with E-state index in [0.717, 1.165) is 0 Å². The first kappa shape index (κ1) is 16.0. The Morgan fingerprint density at radius 2 is 2.17 bits per heavy atom. The van der Waals surface area contributed by atoms with Gasteiger partial charge >= 0.3 is 0 Å². The maximum absolute atomic E-state index is 10.3. The minimum Gasteiger partial charge on any atom is -0.394 e. The largest absolute Gasteiger partial charge is 0.394 e. The highest BCUT2D eigenvalue weighted by atomic mass is 16.6. The first-order chi connectivity index (χ1) is 11.2. The smallest absolute Gasteiger partial charge is 0.167 e. The summed E-state index contributed by atoms with van der Waals surface area (Å²) in [4.78, 5) is 12.2. The molecule has 1 aliphatic rings. The van der Waals surface area contributed by atoms with Crippen molar-refractivity contribution in [2.75, 3.05) is 25.5 Å². The molecule has 0 amide bonds. The lowest BCUT2D eigenvalue weighted by atomic mass is 10.1. The van der Waals surface area contributed by atoms with Gasteiger partial charge in [-0.3, -0.25) is 4.57 Å². The number of nitrogens with two attached hydrogens (primary N) is 2. The highest BCUT2D eigenvalue weighted by molar-refractivity contribution is 5.81. The summed E-state index contributed by atoms with van der Waals surface area (Å²) in [5.74, 6) is 0.256. The van der Waals surface area contributed by atoms with Gasteiger partial charge in [-0.2, -0.15) is 0 Å². The zero-order chi connectivity index (χ0) is 16.4. The summed E-state index contributed by atoms with van der Waals surface area (Å²) >= 11 is 0. The predicted octanol–water partition coefficient (Wildman–Crippen LogP) is -1.61. The molecule has 2 unspecified atom stereocenters. The number of aliphatic hydroxyl groups is 2. The number of nitrogens with zero attached hydrogens (tertiary/aromatic N) is 4. The minimum atomic E-state index is -0.973. The molecule has 10 nitrogen and oxygen atoms in total. The molecular weight excluding hydrogens is 304 g/mol. The van der Waals surface area contributed by atoms with E-state index in [-0.39, 0.29) is 12.4 Å². The summed E-state index contributed by atoms with van der Waals surface area (Å²) in [5.41, 5.74) is 12.2. The van der Waals surface area contributed by atoms with Crippen LogP contribution in [0.1, 0.15) is 12.6 Å². The van der Waals surface area contributed by atoms with E-state index < -0.39 is 24.5 Å². The van der Waals surface area contributed by atoms with Gasteiger partial charge in [-0.05, 0) is 13.0 Å². The zero-order valence-electron chi connectivity index (χ0n) is 12.4. The van der Waals surface area contributed by atoms with Crippen LogP contribution in [-0.4, -0.2) is 67.8 Å². The zero-order valence-corrected chi connectivity index (χ0v) is 12.4. The Labute approximate surface area is 132 Å². The molecule has 0 spiro atoms. The molecule has 10 heteroatoms. The van der Waals surface area contributed by atoms with Crippen LogP contribution in [0.25, 0.3) is 11.2 Å². The third-order valence-corrected chi connectivity index (χ3v) is 3.81. The summed E-state index contributed by atoms with van der Waals surface area (Å²) in [6, 6.07) is 0. The molecular formula is C13H20N6O4. The molecule has 23 heavy (non-hydrogen) atoms. The number of anilines is 1. The lowest BCUT2D eigenvalue weighted by molar-refractivity contribution is -0.0705. The third-order valence-electron chi connectivity index (χ3n) is 3.81. The van der Waals surface area contributed by atoms with E-state index in [1.165, 1.54) is 12.7 Å². The Morgan fingerprint density at radius 1 is 1.35 bits per heavy atom. The van der Waals surface area contributed by atoms with Crippen molar-refractivity contribution in [2.45, 2.75) is 31.0 Å². The number of ether oxygens (including phenoxy) is 2. The number of nitrogen functional groups attached to an aromatic ring is 1. The number of aromatic nitrogens is 4. The molecule has 0 bridgehead atoms. The van der Waals surface area contributed by atoms with E-state index in [9.17, 15) is 10.2 Å². The van der Waals surface area contributed by atoms with Crippen LogP contribution >= 0.6 is 0 Å². The van der Waals surface area contributed by atoms with E-state index >= 15 is 0 Å². The lowest BCUT2D eigenvalue weighted by Crippen LogP contribution is -2.36. The second kappa shape index (κ2) is 6.72. The van der Waals surface area contributed by atoms with Crippen molar-refractivity contribution < 1.29 is 19.7 Å². The van der Waals surface area contributed by atoms with Crippen molar-refractivity contribution in [1.82, 2.24) is 19.5 Å². The van der Waals surface area contributed by atoms with Crippen LogP contribution < -0.4 is 11.5 Å². The van der Waals surface area contributed by atoms with Crippen molar-refractivity contribution in [3.8, 4) is 0 Å². The Kier molecular flexibility index (Phi) is 4.68. The molecule has 1 fully saturated rings. The Hall–Kier alpha value is -1.85. The predicted molar refractivity (Wildman–Crippen MR) is 80.1 cm³/mol. The fourth-order valence-electron chi connectivity index (χ4n) is 2.63. The van der Waals surface area contributed by atoms with E-state index in [2.05, 4.69) is 15.0 Å². The number of hydrogen-bond acceptors (Lipinski definition) is 9. The van der Waals surface area contributed by atoms with Crippen molar-refractivity contribution in [2.24, 2.45) is 5.73 Å². The summed E-state index contributed by atoms with van der Waals surface area (Å²) in [6.45, 7) is 0.535. The Bertz CT molecular complexity index is 665. The monoisotopic (exact) mass is 324 g/mol. The van der Waals surface area contributed by atoms with Crippen LogP contribution in [0.5, 0.6) is 0 Å². The summed E-state index contributed by atoms with van der Waals surface area (Å²) in [7, 11) is 0. The van der Waals surface area contributed by atoms with Gasteiger partial charge < -0.3 is 31.2 Å². The molecule has 0 saturated carbocycles. The normalized spacial score (nSPS) is 27.8. The molecule has 126 valence electrons. The number of rotatable bonds is 6. The number of aliphatic hydroxyl groups excluding tert-OH is 2. The van der Waals surface area contributed by atoms with E-state index in [0.29, 0.717) is 30.7 Å². The molecule has 3 rings (SSSR count). The highest BCUT2D eigenvalue weighted by Crippen LogP contribution is 2.33. The van der Waals surface area contributed by atoms with E-state index in [1.54, 1.807) is 4.57 Å². The fourth-order valence-corrected chi connectivity index (χ4v) is 2.63.